The Bertz CT molecular complexity index is 1060. The van der Waals surface area contributed by atoms with Gasteiger partial charge < -0.3 is 20.1 Å². The number of thioether (sulfide) groups is 1. The molecule has 0 aromatic heterocycles. The second kappa shape index (κ2) is 8.97. The predicted octanol–water partition coefficient (Wildman–Crippen LogP) is 3.35. The van der Waals surface area contributed by atoms with Gasteiger partial charge in [0.2, 0.25) is 0 Å². The standard InChI is InChI=1S/C20H15NO7S2/c22-15-10-12(3-6-14(15)19(26)27)21-18(25)16(30-20(21)29)9-11-1-4-13(5-2-11)28-8-7-17(23)24/h1-6,9-10,22H,7-8H2,(H,23,24)(H,26,27)/b16-9-. The van der Waals surface area contributed by atoms with Gasteiger partial charge in [-0.05, 0) is 35.9 Å². The molecule has 154 valence electrons. The summed E-state index contributed by atoms with van der Waals surface area (Å²) >= 11 is 6.36. The average Bonchev–Trinajstić information content (AvgIpc) is 2.95. The van der Waals surface area contributed by atoms with E-state index < -0.39 is 23.6 Å². The highest BCUT2D eigenvalue weighted by Gasteiger charge is 2.33. The number of benzene rings is 2. The van der Waals surface area contributed by atoms with Crippen molar-refractivity contribution in [2.24, 2.45) is 0 Å². The Morgan fingerprint density at radius 1 is 1.13 bits per heavy atom. The Morgan fingerprint density at radius 2 is 1.83 bits per heavy atom. The van der Waals surface area contributed by atoms with Crippen molar-refractivity contribution in [3.63, 3.8) is 0 Å². The van der Waals surface area contributed by atoms with Crippen LogP contribution in [0.5, 0.6) is 11.5 Å². The lowest BCUT2D eigenvalue weighted by Crippen LogP contribution is -2.27. The fraction of sp³-hybridized carbons (Fsp3) is 0.100. The maximum Gasteiger partial charge on any atom is 0.339 e. The molecular weight excluding hydrogens is 430 g/mol. The largest absolute Gasteiger partial charge is 0.507 e. The summed E-state index contributed by atoms with van der Waals surface area (Å²) in [6.07, 6.45) is 1.54. The molecular formula is C20H15NO7S2. The molecule has 1 saturated heterocycles. The van der Waals surface area contributed by atoms with E-state index in [0.717, 1.165) is 11.8 Å². The van der Waals surface area contributed by atoms with Gasteiger partial charge in [0, 0.05) is 6.07 Å². The quantitative estimate of drug-likeness (QED) is 0.435. The Morgan fingerprint density at radius 3 is 2.43 bits per heavy atom. The summed E-state index contributed by atoms with van der Waals surface area (Å²) in [6.45, 7) is 0.0564. The number of carboxylic acids is 2. The SMILES string of the molecule is O=C(O)CCOc1ccc(/C=C2\SC(=S)N(c3ccc(C(=O)O)c(O)c3)C2=O)cc1. The van der Waals surface area contributed by atoms with E-state index in [9.17, 15) is 19.5 Å². The number of carbonyl (C=O) groups excluding carboxylic acids is 1. The zero-order chi connectivity index (χ0) is 21.8. The van der Waals surface area contributed by atoms with Gasteiger partial charge in [0.1, 0.15) is 17.1 Å². The van der Waals surface area contributed by atoms with E-state index in [2.05, 4.69) is 0 Å². The molecule has 3 N–H and O–H groups in total. The highest BCUT2D eigenvalue weighted by molar-refractivity contribution is 8.27. The van der Waals surface area contributed by atoms with Crippen LogP contribution in [-0.4, -0.2) is 44.1 Å². The van der Waals surface area contributed by atoms with E-state index >= 15 is 0 Å². The van der Waals surface area contributed by atoms with Crippen molar-refractivity contribution < 1.29 is 34.4 Å². The average molecular weight is 445 g/mol. The maximum absolute atomic E-state index is 12.8. The summed E-state index contributed by atoms with van der Waals surface area (Å²) in [7, 11) is 0. The van der Waals surface area contributed by atoms with Crippen LogP contribution < -0.4 is 9.64 Å². The highest BCUT2D eigenvalue weighted by atomic mass is 32.2. The summed E-state index contributed by atoms with van der Waals surface area (Å²) < 4.78 is 5.58. The zero-order valence-corrected chi connectivity index (χ0v) is 16.9. The zero-order valence-electron chi connectivity index (χ0n) is 15.3. The number of hydrogen-bond donors (Lipinski definition) is 3. The smallest absolute Gasteiger partial charge is 0.339 e. The second-order valence-corrected chi connectivity index (χ2v) is 7.76. The topological polar surface area (TPSA) is 124 Å². The number of phenols is 1. The van der Waals surface area contributed by atoms with Crippen LogP contribution in [0, 0.1) is 0 Å². The molecule has 2 aromatic rings. The van der Waals surface area contributed by atoms with Crippen molar-refractivity contribution in [2.45, 2.75) is 6.42 Å². The van der Waals surface area contributed by atoms with Gasteiger partial charge in [-0.3, -0.25) is 14.5 Å². The molecule has 30 heavy (non-hydrogen) atoms. The predicted molar refractivity (Wildman–Crippen MR) is 115 cm³/mol. The number of thiocarbonyl (C=S) groups is 1. The Hall–Kier alpha value is -3.37. The van der Waals surface area contributed by atoms with Gasteiger partial charge in [0.25, 0.3) is 5.91 Å². The molecule has 1 amide bonds. The van der Waals surface area contributed by atoms with Crippen LogP contribution in [0.1, 0.15) is 22.3 Å². The number of nitrogens with zero attached hydrogens (tertiary/aromatic N) is 1. The van der Waals surface area contributed by atoms with E-state index in [4.69, 9.17) is 27.2 Å². The molecule has 0 saturated carbocycles. The summed E-state index contributed by atoms with van der Waals surface area (Å²) in [4.78, 5) is 35.9. The third-order valence-electron chi connectivity index (χ3n) is 4.03. The van der Waals surface area contributed by atoms with Gasteiger partial charge in [0.15, 0.2) is 4.32 Å². The Labute approximate surface area is 180 Å². The monoisotopic (exact) mass is 445 g/mol. The molecule has 1 heterocycles. The molecule has 1 aliphatic heterocycles. The first-order valence-electron chi connectivity index (χ1n) is 8.55. The number of aliphatic carboxylic acids is 1. The van der Waals surface area contributed by atoms with Crippen molar-refractivity contribution in [1.29, 1.82) is 0 Å². The molecule has 2 aromatic carbocycles. The third kappa shape index (κ3) is 4.78. The third-order valence-corrected chi connectivity index (χ3v) is 5.33. The summed E-state index contributed by atoms with van der Waals surface area (Å²) in [6, 6.07) is 10.6. The van der Waals surface area contributed by atoms with Gasteiger partial charge in [-0.25, -0.2) is 4.79 Å². The first-order chi connectivity index (χ1) is 14.3. The van der Waals surface area contributed by atoms with Crippen LogP contribution in [0.4, 0.5) is 5.69 Å². The van der Waals surface area contributed by atoms with Crippen LogP contribution in [-0.2, 0) is 9.59 Å². The van der Waals surface area contributed by atoms with Gasteiger partial charge in [-0.1, -0.05) is 36.1 Å². The van der Waals surface area contributed by atoms with Crippen LogP contribution in [0.2, 0.25) is 0 Å². The number of carboxylic acid groups (broad SMARTS) is 2. The molecule has 8 nitrogen and oxygen atoms in total. The minimum Gasteiger partial charge on any atom is -0.507 e. The first-order valence-corrected chi connectivity index (χ1v) is 9.77. The van der Waals surface area contributed by atoms with Crippen LogP contribution in [0.3, 0.4) is 0 Å². The van der Waals surface area contributed by atoms with E-state index in [1.165, 1.54) is 23.1 Å². The molecule has 1 aliphatic rings. The van der Waals surface area contributed by atoms with Gasteiger partial charge >= 0.3 is 11.9 Å². The lowest BCUT2D eigenvalue weighted by Gasteiger charge is -2.15. The highest BCUT2D eigenvalue weighted by Crippen LogP contribution is 2.37. The molecule has 10 heteroatoms. The molecule has 0 bridgehead atoms. The van der Waals surface area contributed by atoms with Crippen molar-refractivity contribution in [3.05, 3.63) is 58.5 Å². The molecule has 0 radical (unpaired) electrons. The Balaban J connectivity index is 1.75. The summed E-state index contributed by atoms with van der Waals surface area (Å²) in [5.74, 6) is -2.57. The van der Waals surface area contributed by atoms with Crippen LogP contribution in [0.25, 0.3) is 6.08 Å². The van der Waals surface area contributed by atoms with Crippen molar-refractivity contribution in [3.8, 4) is 11.5 Å². The van der Waals surface area contributed by atoms with Crippen LogP contribution >= 0.6 is 24.0 Å². The van der Waals surface area contributed by atoms with Gasteiger partial charge in [-0.2, -0.15) is 0 Å². The molecule has 1 fully saturated rings. The van der Waals surface area contributed by atoms with Crippen molar-refractivity contribution in [1.82, 2.24) is 0 Å². The van der Waals surface area contributed by atoms with E-state index in [-0.39, 0.29) is 28.6 Å². The number of amides is 1. The number of rotatable bonds is 7. The van der Waals surface area contributed by atoms with E-state index in [0.29, 0.717) is 16.2 Å². The van der Waals surface area contributed by atoms with Gasteiger partial charge in [-0.15, -0.1) is 0 Å². The second-order valence-electron chi connectivity index (χ2n) is 6.08. The van der Waals surface area contributed by atoms with Gasteiger partial charge in [0.05, 0.1) is 23.6 Å². The van der Waals surface area contributed by atoms with E-state index in [1.807, 2.05) is 0 Å². The summed E-state index contributed by atoms with van der Waals surface area (Å²) in [5, 5.41) is 27.5. The number of aromatic carboxylic acids is 1. The summed E-state index contributed by atoms with van der Waals surface area (Å²) in [5.41, 5.74) is 0.709. The van der Waals surface area contributed by atoms with E-state index in [1.54, 1.807) is 30.3 Å². The fourth-order valence-corrected chi connectivity index (χ4v) is 3.90. The number of carbonyl (C=O) groups is 3. The number of aromatic hydroxyl groups is 1. The number of anilines is 1. The lowest BCUT2D eigenvalue weighted by molar-refractivity contribution is -0.137. The molecule has 0 atom stereocenters. The molecule has 0 aliphatic carbocycles. The maximum atomic E-state index is 12.8. The molecule has 0 unspecified atom stereocenters. The minimum atomic E-state index is -1.28. The Kier molecular flexibility index (Phi) is 6.38. The van der Waals surface area contributed by atoms with Crippen molar-refractivity contribution in [2.75, 3.05) is 11.5 Å². The number of hydrogen-bond acceptors (Lipinski definition) is 7. The normalized spacial score (nSPS) is 14.9. The minimum absolute atomic E-state index is 0.0564. The van der Waals surface area contributed by atoms with Crippen molar-refractivity contribution >= 4 is 57.9 Å². The molecule has 3 rings (SSSR count). The van der Waals surface area contributed by atoms with Crippen LogP contribution in [0.15, 0.2) is 47.4 Å². The lowest BCUT2D eigenvalue weighted by atomic mass is 10.1. The first kappa shape index (κ1) is 21.3. The number of ether oxygens (including phenoxy) is 1. The fourth-order valence-electron chi connectivity index (χ4n) is 2.60. The molecule has 0 spiro atoms.